The van der Waals surface area contributed by atoms with Crippen molar-refractivity contribution >= 4 is 23.7 Å². The van der Waals surface area contributed by atoms with Crippen LogP contribution in [0.5, 0.6) is 0 Å². The van der Waals surface area contributed by atoms with Crippen LogP contribution in [0, 0.1) is 0 Å². The summed E-state index contributed by atoms with van der Waals surface area (Å²) in [5, 5.41) is 0. The first kappa shape index (κ1) is 13.5. The topological polar surface area (TPSA) is 43.1 Å². The van der Waals surface area contributed by atoms with Gasteiger partial charge in [0.15, 0.2) is 12.0 Å². The number of carbonyl (C=O) groups is 1. The molecule has 0 fully saturated rings. The number of fused-ring (bicyclic) bond motifs is 1. The molecule has 0 amide bonds. The zero-order valence-corrected chi connectivity index (χ0v) is 11.7. The average Bonchev–Trinajstić information content (AvgIpc) is 2.92. The van der Waals surface area contributed by atoms with Crippen LogP contribution in [0.3, 0.4) is 0 Å². The second-order valence-electron chi connectivity index (χ2n) is 4.93. The van der Waals surface area contributed by atoms with Crippen molar-refractivity contribution in [1.29, 1.82) is 0 Å². The summed E-state index contributed by atoms with van der Waals surface area (Å²) in [7, 11) is 0. The first-order valence-corrected chi connectivity index (χ1v) is 7.02. The minimum absolute atomic E-state index is 0.190. The van der Waals surface area contributed by atoms with Gasteiger partial charge in [-0.05, 0) is 11.6 Å². The summed E-state index contributed by atoms with van der Waals surface area (Å²) < 4.78 is 5.30. The van der Waals surface area contributed by atoms with Crippen molar-refractivity contribution in [3.05, 3.63) is 60.2 Å². The fourth-order valence-corrected chi connectivity index (χ4v) is 2.36. The molecule has 0 aliphatic carbocycles. The number of rotatable bonds is 5. The number of hydrogen-bond acceptors (Lipinski definition) is 3. The summed E-state index contributed by atoms with van der Waals surface area (Å²) in [5.74, 6) is -0.190. The third-order valence-corrected chi connectivity index (χ3v) is 3.44. The molecule has 3 rings (SSSR count). The maximum atomic E-state index is 11.8. The molecular formula is C17H17N2O2+. The molecule has 1 N–H and O–H groups in total. The van der Waals surface area contributed by atoms with E-state index in [4.69, 9.17) is 4.74 Å². The highest BCUT2D eigenvalue weighted by molar-refractivity contribution is 5.73. The lowest BCUT2D eigenvalue weighted by molar-refractivity contribution is -0.720. The van der Waals surface area contributed by atoms with Crippen molar-refractivity contribution in [2.75, 3.05) is 13.2 Å². The minimum Gasteiger partial charge on any atom is -0.459 e. The van der Waals surface area contributed by atoms with Crippen LogP contribution in [0.2, 0.25) is 0 Å². The molecule has 4 heteroatoms. The van der Waals surface area contributed by atoms with Gasteiger partial charge in [0.1, 0.15) is 18.8 Å². The molecule has 0 bridgehead atoms. The molecular weight excluding hydrogens is 264 g/mol. The molecule has 1 aliphatic heterocycles. The molecule has 2 aromatic carbocycles. The van der Waals surface area contributed by atoms with Gasteiger partial charge in [0, 0.05) is 6.07 Å². The van der Waals surface area contributed by atoms with E-state index in [1.54, 1.807) is 0 Å². The molecule has 21 heavy (non-hydrogen) atoms. The van der Waals surface area contributed by atoms with E-state index in [9.17, 15) is 4.79 Å². The van der Waals surface area contributed by atoms with Crippen LogP contribution >= 0.6 is 0 Å². The fraction of sp³-hybridized carbons (Fsp3) is 0.176. The Morgan fingerprint density at radius 1 is 1.05 bits per heavy atom. The fourth-order valence-electron chi connectivity index (χ4n) is 2.36. The zero-order chi connectivity index (χ0) is 14.5. The van der Waals surface area contributed by atoms with E-state index >= 15 is 0 Å². The Hall–Kier alpha value is -2.46. The van der Waals surface area contributed by atoms with E-state index in [0.717, 1.165) is 21.8 Å². The maximum absolute atomic E-state index is 11.8. The molecule has 0 radical (unpaired) electrons. The second kappa shape index (κ2) is 6.33. The van der Waals surface area contributed by atoms with Crippen LogP contribution in [0.1, 0.15) is 5.56 Å². The SMILES string of the molecule is O=C(Cc1ccccc1)OCC[NH+]1C=Nc2ccccc21. The van der Waals surface area contributed by atoms with Gasteiger partial charge in [-0.15, -0.1) is 0 Å². The number of carbonyl (C=O) groups excluding carboxylic acids is 1. The standard InChI is InChI=1S/C17H16N2O2/c20-17(12-14-6-2-1-3-7-14)21-11-10-19-13-18-15-8-4-5-9-16(15)19/h1-9,13H,10-12H2/p+1. The van der Waals surface area contributed by atoms with Crippen LogP contribution in [-0.2, 0) is 16.0 Å². The quantitative estimate of drug-likeness (QED) is 0.847. The normalized spacial score (nSPS) is 15.7. The smallest absolute Gasteiger partial charge is 0.310 e. The van der Waals surface area contributed by atoms with Gasteiger partial charge in [0.25, 0.3) is 0 Å². The Morgan fingerprint density at radius 2 is 1.81 bits per heavy atom. The van der Waals surface area contributed by atoms with Crippen LogP contribution in [0.15, 0.2) is 59.6 Å². The van der Waals surface area contributed by atoms with Crippen LogP contribution in [0.25, 0.3) is 0 Å². The molecule has 1 unspecified atom stereocenters. The van der Waals surface area contributed by atoms with E-state index in [-0.39, 0.29) is 5.97 Å². The Morgan fingerprint density at radius 3 is 2.67 bits per heavy atom. The number of aliphatic imine (C=N–C) groups is 1. The summed E-state index contributed by atoms with van der Waals surface area (Å²) in [5.41, 5.74) is 3.10. The van der Waals surface area contributed by atoms with Crippen molar-refractivity contribution < 1.29 is 14.4 Å². The van der Waals surface area contributed by atoms with E-state index in [1.807, 2.05) is 60.9 Å². The Labute approximate surface area is 123 Å². The molecule has 106 valence electrons. The Balaban J connectivity index is 1.47. The van der Waals surface area contributed by atoms with E-state index in [1.165, 1.54) is 0 Å². The lowest BCUT2D eigenvalue weighted by atomic mass is 10.2. The number of nitrogens with one attached hydrogen (secondary N) is 1. The summed E-state index contributed by atoms with van der Waals surface area (Å²) in [4.78, 5) is 17.2. The first-order valence-electron chi connectivity index (χ1n) is 7.02. The van der Waals surface area contributed by atoms with Crippen molar-refractivity contribution in [3.63, 3.8) is 0 Å². The largest absolute Gasteiger partial charge is 0.459 e. The predicted molar refractivity (Wildman–Crippen MR) is 81.2 cm³/mol. The third kappa shape index (κ3) is 3.35. The molecule has 4 nitrogen and oxygen atoms in total. The number of nitrogens with zero attached hydrogens (tertiary/aromatic N) is 1. The number of para-hydroxylation sites is 2. The third-order valence-electron chi connectivity index (χ3n) is 3.44. The number of quaternary nitrogens is 1. The summed E-state index contributed by atoms with van der Waals surface area (Å²) in [6, 6.07) is 17.6. The van der Waals surface area contributed by atoms with Crippen LogP contribution in [-0.4, -0.2) is 25.5 Å². The Kier molecular flexibility index (Phi) is 4.07. The molecule has 0 spiro atoms. The van der Waals surface area contributed by atoms with Gasteiger partial charge in [0.05, 0.1) is 6.42 Å². The lowest BCUT2D eigenvalue weighted by Gasteiger charge is -2.10. The van der Waals surface area contributed by atoms with Crippen LogP contribution < -0.4 is 4.90 Å². The van der Waals surface area contributed by atoms with Crippen molar-refractivity contribution in [2.45, 2.75) is 6.42 Å². The molecule has 2 aromatic rings. The maximum Gasteiger partial charge on any atom is 0.310 e. The van der Waals surface area contributed by atoms with Gasteiger partial charge in [-0.1, -0.05) is 42.5 Å². The first-order chi connectivity index (χ1) is 10.3. The minimum atomic E-state index is -0.190. The van der Waals surface area contributed by atoms with E-state index in [2.05, 4.69) is 4.99 Å². The van der Waals surface area contributed by atoms with Gasteiger partial charge in [0.2, 0.25) is 0 Å². The molecule has 1 aliphatic rings. The highest BCUT2D eigenvalue weighted by Crippen LogP contribution is 2.22. The van der Waals surface area contributed by atoms with Crippen molar-refractivity contribution in [2.24, 2.45) is 4.99 Å². The molecule has 0 saturated heterocycles. The van der Waals surface area contributed by atoms with Gasteiger partial charge in [-0.25, -0.2) is 0 Å². The highest BCUT2D eigenvalue weighted by Gasteiger charge is 2.20. The van der Waals surface area contributed by atoms with Gasteiger partial charge in [-0.2, -0.15) is 4.99 Å². The second-order valence-corrected chi connectivity index (χ2v) is 4.93. The molecule has 0 aromatic heterocycles. The van der Waals surface area contributed by atoms with Crippen LogP contribution in [0.4, 0.5) is 11.4 Å². The zero-order valence-electron chi connectivity index (χ0n) is 11.7. The molecule has 1 heterocycles. The van der Waals surface area contributed by atoms with E-state index < -0.39 is 0 Å². The highest BCUT2D eigenvalue weighted by atomic mass is 16.5. The monoisotopic (exact) mass is 281 g/mol. The van der Waals surface area contributed by atoms with Crippen molar-refractivity contribution in [1.82, 2.24) is 0 Å². The van der Waals surface area contributed by atoms with E-state index in [0.29, 0.717) is 19.6 Å². The predicted octanol–water partition coefficient (Wildman–Crippen LogP) is 1.66. The summed E-state index contributed by atoms with van der Waals surface area (Å²) >= 11 is 0. The number of esters is 1. The lowest BCUT2D eigenvalue weighted by Crippen LogP contribution is -3.05. The van der Waals surface area contributed by atoms with Gasteiger partial charge < -0.3 is 4.74 Å². The van der Waals surface area contributed by atoms with Gasteiger partial charge >= 0.3 is 5.97 Å². The molecule has 1 atom stereocenters. The number of hydrogen-bond donors (Lipinski definition) is 1. The van der Waals surface area contributed by atoms with Crippen molar-refractivity contribution in [3.8, 4) is 0 Å². The van der Waals surface area contributed by atoms with Gasteiger partial charge in [-0.3, -0.25) is 9.69 Å². The number of benzene rings is 2. The summed E-state index contributed by atoms with van der Waals surface area (Å²) in [6.45, 7) is 1.09. The Bertz CT molecular complexity index is 653. The number of ether oxygens (including phenoxy) is 1. The summed E-state index contributed by atoms with van der Waals surface area (Å²) in [6.07, 6.45) is 2.18. The average molecular weight is 281 g/mol. The molecule has 0 saturated carbocycles.